The highest BCUT2D eigenvalue weighted by molar-refractivity contribution is 5.96. The topological polar surface area (TPSA) is 84.7 Å². The van der Waals surface area contributed by atoms with Crippen LogP contribution in [-0.2, 0) is 14.3 Å². The molecule has 6 heteroatoms. The van der Waals surface area contributed by atoms with E-state index in [-0.39, 0.29) is 30.9 Å². The number of hydrogen-bond donors (Lipinski definition) is 2. The van der Waals surface area contributed by atoms with Crippen LogP contribution in [0.2, 0.25) is 0 Å². The summed E-state index contributed by atoms with van der Waals surface area (Å²) >= 11 is 0. The minimum absolute atomic E-state index is 0.125. The van der Waals surface area contributed by atoms with Crippen LogP contribution in [0.3, 0.4) is 0 Å². The molecule has 3 N–H and O–H groups in total. The van der Waals surface area contributed by atoms with Crippen molar-refractivity contribution in [3.05, 3.63) is 30.3 Å². The van der Waals surface area contributed by atoms with Gasteiger partial charge >= 0.3 is 0 Å². The van der Waals surface area contributed by atoms with Crippen LogP contribution in [-0.4, -0.2) is 49.1 Å². The molecule has 0 spiro atoms. The van der Waals surface area contributed by atoms with Crippen LogP contribution in [0, 0.1) is 0 Å². The molecule has 6 nitrogen and oxygen atoms in total. The van der Waals surface area contributed by atoms with Gasteiger partial charge in [0.25, 0.3) is 0 Å². The number of ether oxygens (including phenoxy) is 1. The second kappa shape index (κ2) is 9.97. The zero-order valence-corrected chi connectivity index (χ0v) is 14.1. The van der Waals surface area contributed by atoms with Crippen LogP contribution in [0.1, 0.15) is 26.7 Å². The van der Waals surface area contributed by atoms with Gasteiger partial charge in [-0.05, 0) is 25.5 Å². The molecule has 0 saturated carbocycles. The van der Waals surface area contributed by atoms with E-state index in [0.29, 0.717) is 12.2 Å². The minimum Gasteiger partial charge on any atom is -0.380 e. The number of rotatable bonds is 9. The molecule has 2 unspecified atom stereocenters. The summed E-state index contributed by atoms with van der Waals surface area (Å²) in [5.41, 5.74) is 6.28. The molecule has 0 heterocycles. The highest BCUT2D eigenvalue weighted by Crippen LogP contribution is 2.11. The van der Waals surface area contributed by atoms with E-state index in [1.54, 1.807) is 11.8 Å². The molecule has 0 aliphatic heterocycles. The second-order valence-corrected chi connectivity index (χ2v) is 5.42. The highest BCUT2D eigenvalue weighted by atomic mass is 16.5. The van der Waals surface area contributed by atoms with E-state index in [2.05, 4.69) is 5.32 Å². The normalized spacial score (nSPS) is 13.2. The number of nitrogens with one attached hydrogen (secondary N) is 1. The van der Waals surface area contributed by atoms with Gasteiger partial charge in [0, 0.05) is 25.9 Å². The molecule has 0 aliphatic rings. The first-order valence-electron chi connectivity index (χ1n) is 7.91. The van der Waals surface area contributed by atoms with Crippen LogP contribution in [0.25, 0.3) is 0 Å². The minimum atomic E-state index is -0.557. The Balaban J connectivity index is 2.74. The van der Waals surface area contributed by atoms with Gasteiger partial charge in [0.05, 0.1) is 12.5 Å². The van der Waals surface area contributed by atoms with Crippen molar-refractivity contribution in [3.63, 3.8) is 0 Å². The molecule has 1 aromatic carbocycles. The largest absolute Gasteiger partial charge is 0.380 e. The number of methoxy groups -OCH3 is 1. The number of carbonyl (C=O) groups excluding carboxylic acids is 2. The molecule has 23 heavy (non-hydrogen) atoms. The molecule has 0 fully saturated rings. The fraction of sp³-hybridized carbons (Fsp3) is 0.529. The van der Waals surface area contributed by atoms with E-state index >= 15 is 0 Å². The van der Waals surface area contributed by atoms with Crippen molar-refractivity contribution in [3.8, 4) is 0 Å². The van der Waals surface area contributed by atoms with Gasteiger partial charge in [-0.1, -0.05) is 25.1 Å². The van der Waals surface area contributed by atoms with Crippen LogP contribution < -0.4 is 11.1 Å². The third-order valence-electron chi connectivity index (χ3n) is 3.67. The number of nitrogens with two attached hydrogens (primary N) is 1. The second-order valence-electron chi connectivity index (χ2n) is 5.42. The van der Waals surface area contributed by atoms with Crippen molar-refractivity contribution >= 4 is 17.5 Å². The Kier molecular flexibility index (Phi) is 8.29. The summed E-state index contributed by atoms with van der Waals surface area (Å²) in [6.45, 7) is 4.49. The Morgan fingerprint density at radius 3 is 2.48 bits per heavy atom. The molecular formula is C17H27N3O3. The predicted octanol–water partition coefficient (Wildman–Crippen LogP) is 1.62. The first-order chi connectivity index (χ1) is 11.0. The first-order valence-corrected chi connectivity index (χ1v) is 7.91. The quantitative estimate of drug-likeness (QED) is 0.724. The van der Waals surface area contributed by atoms with Crippen molar-refractivity contribution in [2.24, 2.45) is 5.73 Å². The summed E-state index contributed by atoms with van der Waals surface area (Å²) in [6, 6.07) is 8.64. The van der Waals surface area contributed by atoms with Gasteiger partial charge in [-0.25, -0.2) is 0 Å². The summed E-state index contributed by atoms with van der Waals surface area (Å²) in [7, 11) is 1.53. The molecule has 2 atom stereocenters. The zero-order valence-electron chi connectivity index (χ0n) is 14.1. The fourth-order valence-corrected chi connectivity index (χ4v) is 2.26. The number of hydrogen-bond acceptors (Lipinski definition) is 4. The SMILES string of the molecule is CCCN(C(=O)CC(CN)OC)C(C)C(=O)Nc1ccccc1. The monoisotopic (exact) mass is 321 g/mol. The van der Waals surface area contributed by atoms with Gasteiger partial charge in [0.15, 0.2) is 0 Å². The average molecular weight is 321 g/mol. The lowest BCUT2D eigenvalue weighted by molar-refractivity contribution is -0.140. The Bertz CT molecular complexity index is 489. The van der Waals surface area contributed by atoms with Crippen molar-refractivity contribution in [2.45, 2.75) is 38.8 Å². The third kappa shape index (κ3) is 6.00. The maximum atomic E-state index is 12.5. The molecule has 0 radical (unpaired) electrons. The van der Waals surface area contributed by atoms with Crippen molar-refractivity contribution in [1.82, 2.24) is 4.90 Å². The molecule has 0 aliphatic carbocycles. The lowest BCUT2D eigenvalue weighted by Gasteiger charge is -2.29. The smallest absolute Gasteiger partial charge is 0.246 e. The van der Waals surface area contributed by atoms with E-state index < -0.39 is 6.04 Å². The van der Waals surface area contributed by atoms with E-state index in [9.17, 15) is 9.59 Å². The van der Waals surface area contributed by atoms with Gasteiger partial charge in [-0.3, -0.25) is 9.59 Å². The molecule has 0 saturated heterocycles. The summed E-state index contributed by atoms with van der Waals surface area (Å²) in [5, 5.41) is 2.83. The molecular weight excluding hydrogens is 294 g/mol. The number of benzene rings is 1. The van der Waals surface area contributed by atoms with Gasteiger partial charge in [-0.15, -0.1) is 0 Å². The Morgan fingerprint density at radius 2 is 1.96 bits per heavy atom. The Labute approximate surface area is 138 Å². The van der Waals surface area contributed by atoms with E-state index in [1.807, 2.05) is 37.3 Å². The highest BCUT2D eigenvalue weighted by Gasteiger charge is 2.26. The molecule has 1 rings (SSSR count). The molecule has 128 valence electrons. The predicted molar refractivity (Wildman–Crippen MR) is 91.0 cm³/mol. The summed E-state index contributed by atoms with van der Waals surface area (Å²) in [6.07, 6.45) is 0.622. The molecule has 0 bridgehead atoms. The van der Waals surface area contributed by atoms with Gasteiger partial charge in [-0.2, -0.15) is 0 Å². The number of para-hydroxylation sites is 1. The van der Waals surface area contributed by atoms with E-state index in [0.717, 1.165) is 6.42 Å². The summed E-state index contributed by atoms with van der Waals surface area (Å²) in [5.74, 6) is -0.334. The number of nitrogens with zero attached hydrogens (tertiary/aromatic N) is 1. The molecule has 2 amide bonds. The maximum absolute atomic E-state index is 12.5. The lowest BCUT2D eigenvalue weighted by Crippen LogP contribution is -2.47. The maximum Gasteiger partial charge on any atom is 0.246 e. The van der Waals surface area contributed by atoms with Gasteiger partial charge in [0.1, 0.15) is 6.04 Å². The molecule has 0 aromatic heterocycles. The average Bonchev–Trinajstić information content (AvgIpc) is 2.57. The van der Waals surface area contributed by atoms with Crippen molar-refractivity contribution in [1.29, 1.82) is 0 Å². The number of amides is 2. The number of anilines is 1. The van der Waals surface area contributed by atoms with Crippen molar-refractivity contribution < 1.29 is 14.3 Å². The summed E-state index contributed by atoms with van der Waals surface area (Å²) in [4.78, 5) is 26.5. The summed E-state index contributed by atoms with van der Waals surface area (Å²) < 4.78 is 5.16. The Morgan fingerprint density at radius 1 is 1.30 bits per heavy atom. The molecule has 1 aromatic rings. The van der Waals surface area contributed by atoms with Gasteiger partial charge < -0.3 is 20.7 Å². The van der Waals surface area contributed by atoms with Gasteiger partial charge in [0.2, 0.25) is 11.8 Å². The Hall–Kier alpha value is -1.92. The van der Waals surface area contributed by atoms with Crippen LogP contribution in [0.4, 0.5) is 5.69 Å². The van der Waals surface area contributed by atoms with Crippen LogP contribution >= 0.6 is 0 Å². The lowest BCUT2D eigenvalue weighted by atomic mass is 10.1. The van der Waals surface area contributed by atoms with Crippen LogP contribution in [0.15, 0.2) is 30.3 Å². The third-order valence-corrected chi connectivity index (χ3v) is 3.67. The standard InChI is InChI=1S/C17H27N3O3/c1-4-10-20(16(21)11-15(12-18)23-3)13(2)17(22)19-14-8-6-5-7-9-14/h5-9,13,15H,4,10-12,18H2,1-3H3,(H,19,22). The zero-order chi connectivity index (χ0) is 17.2. The van der Waals surface area contributed by atoms with Crippen molar-refractivity contribution in [2.75, 3.05) is 25.5 Å². The van der Waals surface area contributed by atoms with Crippen LogP contribution in [0.5, 0.6) is 0 Å². The van der Waals surface area contributed by atoms with E-state index in [4.69, 9.17) is 10.5 Å². The van der Waals surface area contributed by atoms with E-state index in [1.165, 1.54) is 7.11 Å². The number of carbonyl (C=O) groups is 2. The fourth-order valence-electron chi connectivity index (χ4n) is 2.26. The first kappa shape index (κ1) is 19.1.